The van der Waals surface area contributed by atoms with Crippen LogP contribution in [0.4, 0.5) is 5.13 Å². The molecule has 1 aliphatic carbocycles. The predicted molar refractivity (Wildman–Crippen MR) is 117 cm³/mol. The van der Waals surface area contributed by atoms with E-state index in [1.807, 2.05) is 6.26 Å². The van der Waals surface area contributed by atoms with Crippen molar-refractivity contribution >= 4 is 51.8 Å². The predicted octanol–water partition coefficient (Wildman–Crippen LogP) is 2.45. The number of hydrogen-bond donors (Lipinski definition) is 2. The summed E-state index contributed by atoms with van der Waals surface area (Å²) in [7, 11) is 1.27. The Hall–Kier alpha value is -2.66. The molecule has 2 unspecified atom stereocenters. The molecule has 11 heteroatoms. The topological polar surface area (TPSA) is 128 Å². The first-order chi connectivity index (χ1) is 14.8. The number of amides is 2. The fourth-order valence-corrected chi connectivity index (χ4v) is 4.68. The minimum absolute atomic E-state index is 0.0195. The molecule has 2 atom stereocenters. The van der Waals surface area contributed by atoms with Crippen LogP contribution in [-0.4, -0.2) is 53.7 Å². The number of thiazole rings is 1. The standard InChI is InChI=1S/C20H23N3O6S2/c1-10-12(4-6-29-10)18(26)23-20-22-14-8-11(9-15(24)16(14)31-20)17(25)21-13(5-7-30-3)19(27)28-2/h4,6,11,13H,5,7-9H2,1-3H3,(H,21,25)(H,22,23,26). The molecule has 9 nitrogen and oxygen atoms in total. The molecule has 2 aromatic rings. The summed E-state index contributed by atoms with van der Waals surface area (Å²) in [5.74, 6) is -0.969. The smallest absolute Gasteiger partial charge is 0.328 e. The van der Waals surface area contributed by atoms with Crippen LogP contribution in [0.5, 0.6) is 0 Å². The SMILES string of the molecule is COC(=O)C(CCSC)NC(=O)C1CC(=O)c2sc(NC(=O)c3ccoc3C)nc2C1. The second-order valence-electron chi connectivity index (χ2n) is 7.03. The average Bonchev–Trinajstić information content (AvgIpc) is 3.36. The van der Waals surface area contributed by atoms with Crippen LogP contribution in [0.2, 0.25) is 0 Å². The van der Waals surface area contributed by atoms with Gasteiger partial charge in [0.2, 0.25) is 5.91 Å². The summed E-state index contributed by atoms with van der Waals surface area (Å²) < 4.78 is 9.90. The van der Waals surface area contributed by atoms with Crippen LogP contribution in [0.25, 0.3) is 0 Å². The Morgan fingerprint density at radius 1 is 1.39 bits per heavy atom. The van der Waals surface area contributed by atoms with Gasteiger partial charge in [0.15, 0.2) is 10.9 Å². The van der Waals surface area contributed by atoms with Gasteiger partial charge in [-0.3, -0.25) is 19.7 Å². The number of fused-ring (bicyclic) bond motifs is 1. The van der Waals surface area contributed by atoms with Crippen LogP contribution in [0.1, 0.15) is 44.3 Å². The molecule has 0 saturated heterocycles. The van der Waals surface area contributed by atoms with Crippen molar-refractivity contribution in [2.45, 2.75) is 32.2 Å². The molecule has 31 heavy (non-hydrogen) atoms. The fraction of sp³-hybridized carbons (Fsp3) is 0.450. The van der Waals surface area contributed by atoms with Gasteiger partial charge < -0.3 is 14.5 Å². The normalized spacial score (nSPS) is 16.4. The molecule has 2 heterocycles. The van der Waals surface area contributed by atoms with Crippen LogP contribution in [0, 0.1) is 12.8 Å². The molecule has 0 fully saturated rings. The Morgan fingerprint density at radius 3 is 2.81 bits per heavy atom. The molecule has 0 bridgehead atoms. The van der Waals surface area contributed by atoms with Crippen LogP contribution >= 0.6 is 23.1 Å². The van der Waals surface area contributed by atoms with E-state index in [-0.39, 0.29) is 35.6 Å². The number of hydrogen-bond acceptors (Lipinski definition) is 9. The molecule has 0 aromatic carbocycles. The van der Waals surface area contributed by atoms with Gasteiger partial charge >= 0.3 is 5.97 Å². The van der Waals surface area contributed by atoms with E-state index in [2.05, 4.69) is 15.6 Å². The van der Waals surface area contributed by atoms with Gasteiger partial charge in [0.1, 0.15) is 11.8 Å². The lowest BCUT2D eigenvalue weighted by Gasteiger charge is -2.22. The highest BCUT2D eigenvalue weighted by atomic mass is 32.2. The van der Waals surface area contributed by atoms with Gasteiger partial charge in [-0.2, -0.15) is 11.8 Å². The number of carbonyl (C=O) groups is 4. The molecule has 0 spiro atoms. The van der Waals surface area contributed by atoms with E-state index in [1.165, 1.54) is 13.4 Å². The first-order valence-corrected chi connectivity index (χ1v) is 11.8. The Bertz CT molecular complexity index is 999. The highest BCUT2D eigenvalue weighted by Gasteiger charge is 2.35. The first kappa shape index (κ1) is 23.0. The second kappa shape index (κ2) is 10.1. The van der Waals surface area contributed by atoms with E-state index in [4.69, 9.17) is 9.15 Å². The lowest BCUT2D eigenvalue weighted by molar-refractivity contribution is -0.145. The number of anilines is 1. The average molecular weight is 466 g/mol. The number of rotatable bonds is 8. The molecule has 0 saturated carbocycles. The molecular weight excluding hydrogens is 442 g/mol. The van der Waals surface area contributed by atoms with Gasteiger partial charge in [-0.15, -0.1) is 0 Å². The van der Waals surface area contributed by atoms with E-state index in [9.17, 15) is 19.2 Å². The van der Waals surface area contributed by atoms with E-state index >= 15 is 0 Å². The summed E-state index contributed by atoms with van der Waals surface area (Å²) in [6.07, 6.45) is 4.03. The van der Waals surface area contributed by atoms with Crippen LogP contribution in [0.15, 0.2) is 16.7 Å². The number of carbonyl (C=O) groups excluding carboxylic acids is 4. The lowest BCUT2D eigenvalue weighted by Crippen LogP contribution is -2.46. The number of aromatic nitrogens is 1. The van der Waals surface area contributed by atoms with Crippen molar-refractivity contribution in [3.05, 3.63) is 34.2 Å². The first-order valence-electron chi connectivity index (χ1n) is 9.59. The van der Waals surface area contributed by atoms with Crippen molar-refractivity contribution in [1.82, 2.24) is 10.3 Å². The number of thioether (sulfide) groups is 1. The number of ketones is 1. The number of Topliss-reactive ketones (excluding diaryl/α,β-unsaturated/α-hetero) is 1. The summed E-state index contributed by atoms with van der Waals surface area (Å²) in [5.41, 5.74) is 0.857. The Kier molecular flexibility index (Phi) is 7.50. The monoisotopic (exact) mass is 465 g/mol. The van der Waals surface area contributed by atoms with E-state index in [1.54, 1.807) is 24.8 Å². The van der Waals surface area contributed by atoms with E-state index < -0.39 is 17.9 Å². The molecule has 2 amide bonds. The van der Waals surface area contributed by atoms with Gasteiger partial charge in [-0.05, 0) is 31.4 Å². The summed E-state index contributed by atoms with van der Waals surface area (Å²) in [6.45, 7) is 1.68. The summed E-state index contributed by atoms with van der Waals surface area (Å²) >= 11 is 2.65. The number of esters is 1. The number of ether oxygens (including phenoxy) is 1. The zero-order chi connectivity index (χ0) is 22.5. The number of furan rings is 1. The molecule has 0 radical (unpaired) electrons. The molecule has 3 rings (SSSR count). The van der Waals surface area contributed by atoms with E-state index in [0.717, 1.165) is 11.3 Å². The van der Waals surface area contributed by atoms with Gasteiger partial charge in [0.05, 0.1) is 35.4 Å². The molecule has 0 aliphatic heterocycles. The molecule has 166 valence electrons. The number of nitrogens with zero attached hydrogens (tertiary/aromatic N) is 1. The summed E-state index contributed by atoms with van der Waals surface area (Å²) in [5, 5.41) is 5.67. The van der Waals surface area contributed by atoms with Crippen LogP contribution < -0.4 is 10.6 Å². The van der Waals surface area contributed by atoms with E-state index in [0.29, 0.717) is 34.1 Å². The van der Waals surface area contributed by atoms with Crippen molar-refractivity contribution in [3.63, 3.8) is 0 Å². The maximum absolute atomic E-state index is 12.7. The van der Waals surface area contributed by atoms with Crippen LogP contribution in [0.3, 0.4) is 0 Å². The Morgan fingerprint density at radius 2 is 2.16 bits per heavy atom. The van der Waals surface area contributed by atoms with Gasteiger partial charge in [-0.25, -0.2) is 9.78 Å². The number of methoxy groups -OCH3 is 1. The van der Waals surface area contributed by atoms with Crippen molar-refractivity contribution in [2.24, 2.45) is 5.92 Å². The number of aryl methyl sites for hydroxylation is 1. The van der Waals surface area contributed by atoms with Crippen molar-refractivity contribution < 1.29 is 28.3 Å². The molecule has 2 aromatic heterocycles. The Labute approximate surface area is 187 Å². The highest BCUT2D eigenvalue weighted by molar-refractivity contribution is 7.98. The molecule has 1 aliphatic rings. The second-order valence-corrected chi connectivity index (χ2v) is 9.02. The summed E-state index contributed by atoms with van der Waals surface area (Å²) in [4.78, 5) is 54.5. The largest absolute Gasteiger partial charge is 0.469 e. The highest BCUT2D eigenvalue weighted by Crippen LogP contribution is 2.32. The maximum Gasteiger partial charge on any atom is 0.328 e. The molecular formula is C20H23N3O6S2. The van der Waals surface area contributed by atoms with Crippen molar-refractivity contribution in [2.75, 3.05) is 24.4 Å². The Balaban J connectivity index is 1.69. The van der Waals surface area contributed by atoms with Gasteiger partial charge in [0.25, 0.3) is 5.91 Å². The minimum atomic E-state index is -0.759. The van der Waals surface area contributed by atoms with Crippen molar-refractivity contribution in [3.8, 4) is 0 Å². The molecule has 2 N–H and O–H groups in total. The zero-order valence-corrected chi connectivity index (χ0v) is 19.0. The minimum Gasteiger partial charge on any atom is -0.469 e. The van der Waals surface area contributed by atoms with Gasteiger partial charge in [0, 0.05) is 12.8 Å². The summed E-state index contributed by atoms with van der Waals surface area (Å²) in [6, 6.07) is 0.795. The quantitative estimate of drug-likeness (QED) is 0.569. The third-order valence-corrected chi connectivity index (χ3v) is 6.63. The third-order valence-electron chi connectivity index (χ3n) is 4.93. The zero-order valence-electron chi connectivity index (χ0n) is 17.4. The van der Waals surface area contributed by atoms with Gasteiger partial charge in [-0.1, -0.05) is 11.3 Å². The van der Waals surface area contributed by atoms with Crippen molar-refractivity contribution in [1.29, 1.82) is 0 Å². The number of nitrogens with one attached hydrogen (secondary N) is 2. The fourth-order valence-electron chi connectivity index (χ4n) is 3.27. The third kappa shape index (κ3) is 5.34. The lowest BCUT2D eigenvalue weighted by atomic mass is 9.89. The maximum atomic E-state index is 12.7. The van der Waals surface area contributed by atoms with Crippen LogP contribution in [-0.2, 0) is 20.7 Å².